The van der Waals surface area contributed by atoms with Crippen molar-refractivity contribution < 1.29 is 23.1 Å². The van der Waals surface area contributed by atoms with Gasteiger partial charge < -0.3 is 5.11 Å². The molecule has 16 heavy (non-hydrogen) atoms. The van der Waals surface area contributed by atoms with Gasteiger partial charge in [-0.05, 0) is 17.7 Å². The van der Waals surface area contributed by atoms with Crippen molar-refractivity contribution in [2.24, 2.45) is 0 Å². The standard InChI is InChI=1S/C9H5Br2F3O2/c10-3-6-5(8(15)16)1-4(11)2-7(6)9(12,13)14/h1-2H,3H2,(H,15,16). The highest BCUT2D eigenvalue weighted by molar-refractivity contribution is 9.10. The molecule has 0 bridgehead atoms. The number of rotatable bonds is 2. The summed E-state index contributed by atoms with van der Waals surface area (Å²) >= 11 is 5.72. The Morgan fingerprint density at radius 2 is 1.94 bits per heavy atom. The number of hydrogen-bond acceptors (Lipinski definition) is 1. The molecule has 1 aromatic rings. The predicted octanol–water partition coefficient (Wildman–Crippen LogP) is 4.06. The molecule has 0 spiro atoms. The summed E-state index contributed by atoms with van der Waals surface area (Å²) in [7, 11) is 0. The van der Waals surface area contributed by atoms with Gasteiger partial charge in [0.1, 0.15) is 0 Å². The van der Waals surface area contributed by atoms with Gasteiger partial charge in [-0.25, -0.2) is 4.79 Å². The first-order valence-electron chi connectivity index (χ1n) is 3.96. The van der Waals surface area contributed by atoms with E-state index in [4.69, 9.17) is 5.11 Å². The van der Waals surface area contributed by atoms with Gasteiger partial charge >= 0.3 is 12.1 Å². The van der Waals surface area contributed by atoms with E-state index in [0.717, 1.165) is 12.1 Å². The Kier molecular flexibility index (Phi) is 4.01. The van der Waals surface area contributed by atoms with Crippen molar-refractivity contribution in [1.82, 2.24) is 0 Å². The zero-order valence-corrected chi connectivity index (χ0v) is 10.8. The second-order valence-corrected chi connectivity index (χ2v) is 4.39. The van der Waals surface area contributed by atoms with Crippen molar-refractivity contribution in [2.75, 3.05) is 0 Å². The number of benzene rings is 1. The quantitative estimate of drug-likeness (QED) is 0.806. The lowest BCUT2D eigenvalue weighted by molar-refractivity contribution is -0.138. The highest BCUT2D eigenvalue weighted by Crippen LogP contribution is 2.36. The predicted molar refractivity (Wildman–Crippen MR) is 58.7 cm³/mol. The average Bonchev–Trinajstić information content (AvgIpc) is 2.14. The summed E-state index contributed by atoms with van der Waals surface area (Å²) in [5, 5.41) is 8.63. The summed E-state index contributed by atoms with van der Waals surface area (Å²) < 4.78 is 38.0. The second-order valence-electron chi connectivity index (χ2n) is 2.92. The van der Waals surface area contributed by atoms with Gasteiger partial charge in [0.25, 0.3) is 0 Å². The molecule has 7 heteroatoms. The second kappa shape index (κ2) is 4.75. The minimum absolute atomic E-state index is 0.0851. The Bertz CT molecular complexity index is 429. The highest BCUT2D eigenvalue weighted by Gasteiger charge is 2.35. The largest absolute Gasteiger partial charge is 0.478 e. The van der Waals surface area contributed by atoms with E-state index >= 15 is 0 Å². The molecule has 1 aromatic carbocycles. The highest BCUT2D eigenvalue weighted by atomic mass is 79.9. The molecule has 0 heterocycles. The summed E-state index contributed by atoms with van der Waals surface area (Å²) in [6.07, 6.45) is -4.57. The van der Waals surface area contributed by atoms with Crippen molar-refractivity contribution in [3.63, 3.8) is 0 Å². The third-order valence-electron chi connectivity index (χ3n) is 1.88. The van der Waals surface area contributed by atoms with Crippen molar-refractivity contribution in [2.45, 2.75) is 11.5 Å². The molecule has 0 aromatic heterocycles. The Hall–Kier alpha value is -0.560. The molecule has 0 amide bonds. The number of alkyl halides is 4. The van der Waals surface area contributed by atoms with E-state index in [0.29, 0.717) is 0 Å². The molecule has 0 fully saturated rings. The molecule has 0 radical (unpaired) electrons. The molecule has 0 unspecified atom stereocenters. The van der Waals surface area contributed by atoms with E-state index in [9.17, 15) is 18.0 Å². The van der Waals surface area contributed by atoms with Crippen LogP contribution in [0.2, 0.25) is 0 Å². The smallest absolute Gasteiger partial charge is 0.416 e. The number of carbonyl (C=O) groups is 1. The van der Waals surface area contributed by atoms with Crippen LogP contribution in [-0.2, 0) is 11.5 Å². The van der Waals surface area contributed by atoms with Crippen LogP contribution in [0, 0.1) is 0 Å². The van der Waals surface area contributed by atoms with Gasteiger partial charge in [0.05, 0.1) is 11.1 Å². The van der Waals surface area contributed by atoms with E-state index < -0.39 is 17.7 Å². The van der Waals surface area contributed by atoms with E-state index in [1.54, 1.807) is 0 Å². The monoisotopic (exact) mass is 360 g/mol. The zero-order valence-electron chi connectivity index (χ0n) is 7.61. The normalized spacial score (nSPS) is 11.6. The lowest BCUT2D eigenvalue weighted by Crippen LogP contribution is -2.13. The molecule has 0 aliphatic rings. The zero-order chi connectivity index (χ0) is 12.5. The molecular weight excluding hydrogens is 357 g/mol. The first-order valence-corrected chi connectivity index (χ1v) is 5.87. The van der Waals surface area contributed by atoms with E-state index in [1.807, 2.05) is 0 Å². The Morgan fingerprint density at radius 1 is 1.38 bits per heavy atom. The summed E-state index contributed by atoms with van der Waals surface area (Å²) in [4.78, 5) is 10.8. The number of carboxylic acid groups (broad SMARTS) is 1. The van der Waals surface area contributed by atoms with Gasteiger partial charge in [0.15, 0.2) is 0 Å². The van der Waals surface area contributed by atoms with Crippen LogP contribution in [0.4, 0.5) is 13.2 Å². The average molecular weight is 362 g/mol. The molecule has 0 saturated carbocycles. The lowest BCUT2D eigenvalue weighted by atomic mass is 10.0. The van der Waals surface area contributed by atoms with Crippen LogP contribution in [0.25, 0.3) is 0 Å². The fraction of sp³-hybridized carbons (Fsp3) is 0.222. The molecule has 0 aliphatic heterocycles. The van der Waals surface area contributed by atoms with Gasteiger partial charge in [-0.1, -0.05) is 31.9 Å². The molecular formula is C9H5Br2F3O2. The number of carboxylic acids is 1. The van der Waals surface area contributed by atoms with Gasteiger partial charge in [-0.2, -0.15) is 13.2 Å². The third-order valence-corrected chi connectivity index (χ3v) is 2.90. The van der Waals surface area contributed by atoms with E-state index in [1.165, 1.54) is 0 Å². The topological polar surface area (TPSA) is 37.3 Å². The number of hydrogen-bond donors (Lipinski definition) is 1. The maximum Gasteiger partial charge on any atom is 0.416 e. The maximum atomic E-state index is 12.6. The Labute approximate surface area is 106 Å². The fourth-order valence-electron chi connectivity index (χ4n) is 1.22. The summed E-state index contributed by atoms with van der Waals surface area (Å²) in [6, 6.07) is 2.01. The van der Waals surface area contributed by atoms with Crippen LogP contribution in [-0.4, -0.2) is 11.1 Å². The molecule has 0 aliphatic carbocycles. The van der Waals surface area contributed by atoms with Gasteiger partial charge in [-0.15, -0.1) is 0 Å². The van der Waals surface area contributed by atoms with Crippen molar-refractivity contribution >= 4 is 37.8 Å². The van der Waals surface area contributed by atoms with Crippen LogP contribution >= 0.6 is 31.9 Å². The van der Waals surface area contributed by atoms with Crippen LogP contribution in [0.15, 0.2) is 16.6 Å². The molecule has 2 nitrogen and oxygen atoms in total. The minimum atomic E-state index is -4.57. The van der Waals surface area contributed by atoms with Gasteiger partial charge in [0.2, 0.25) is 0 Å². The van der Waals surface area contributed by atoms with E-state index in [2.05, 4.69) is 31.9 Å². The van der Waals surface area contributed by atoms with Gasteiger partial charge in [0, 0.05) is 9.80 Å². The van der Waals surface area contributed by atoms with Crippen LogP contribution < -0.4 is 0 Å². The number of halogens is 5. The summed E-state index contributed by atoms with van der Waals surface area (Å²) in [6.45, 7) is 0. The molecule has 0 saturated heterocycles. The third kappa shape index (κ3) is 2.76. The first kappa shape index (κ1) is 13.5. The van der Waals surface area contributed by atoms with Crippen molar-refractivity contribution in [3.05, 3.63) is 33.3 Å². The van der Waals surface area contributed by atoms with Crippen molar-refractivity contribution in [1.29, 1.82) is 0 Å². The molecule has 88 valence electrons. The van der Waals surface area contributed by atoms with Crippen LogP contribution in [0.1, 0.15) is 21.5 Å². The van der Waals surface area contributed by atoms with E-state index in [-0.39, 0.29) is 20.9 Å². The Morgan fingerprint density at radius 3 is 2.31 bits per heavy atom. The van der Waals surface area contributed by atoms with Crippen molar-refractivity contribution in [3.8, 4) is 0 Å². The lowest BCUT2D eigenvalue weighted by Gasteiger charge is -2.14. The molecule has 0 atom stereocenters. The number of aromatic carboxylic acids is 1. The molecule has 1 N–H and O–H groups in total. The van der Waals surface area contributed by atoms with Crippen LogP contribution in [0.5, 0.6) is 0 Å². The van der Waals surface area contributed by atoms with Gasteiger partial charge in [-0.3, -0.25) is 0 Å². The Balaban J connectivity index is 3.55. The minimum Gasteiger partial charge on any atom is -0.478 e. The SMILES string of the molecule is O=C(O)c1cc(Br)cc(C(F)(F)F)c1CBr. The fourth-order valence-corrected chi connectivity index (χ4v) is 2.29. The molecule has 1 rings (SSSR count). The first-order chi connectivity index (χ1) is 7.27. The summed E-state index contributed by atoms with van der Waals surface area (Å²) in [5.74, 6) is -1.39. The van der Waals surface area contributed by atoms with Crippen LogP contribution in [0.3, 0.4) is 0 Å². The maximum absolute atomic E-state index is 12.6. The summed E-state index contributed by atoms with van der Waals surface area (Å²) in [5.41, 5.74) is -1.59.